The highest BCUT2D eigenvalue weighted by Crippen LogP contribution is 2.05. The molecular weight excluding hydrogens is 206 g/mol. The van der Waals surface area contributed by atoms with Crippen LogP contribution in [0.5, 0.6) is 0 Å². The van der Waals surface area contributed by atoms with Gasteiger partial charge < -0.3 is 12.4 Å². The Labute approximate surface area is 96.8 Å². The van der Waals surface area contributed by atoms with Gasteiger partial charge in [0.1, 0.15) is 0 Å². The predicted molar refractivity (Wildman–Crippen MR) is 56.9 cm³/mol. The number of halogens is 1. The van der Waals surface area contributed by atoms with Crippen LogP contribution in [0.3, 0.4) is 0 Å². The molecule has 0 fully saturated rings. The third-order valence-corrected chi connectivity index (χ3v) is 2.39. The number of rotatable bonds is 2. The molecule has 1 heterocycles. The zero-order valence-electron chi connectivity index (χ0n) is 8.73. The van der Waals surface area contributed by atoms with Gasteiger partial charge in [-0.3, -0.25) is 0 Å². The molecule has 1 aromatic carbocycles. The van der Waals surface area contributed by atoms with Crippen molar-refractivity contribution in [2.75, 3.05) is 0 Å². The average Bonchev–Trinajstić information content (AvgIpc) is 2.23. The smallest absolute Gasteiger partial charge is 0.174 e. The summed E-state index contributed by atoms with van der Waals surface area (Å²) in [4.78, 5) is 0. The lowest BCUT2D eigenvalue weighted by molar-refractivity contribution is -0.688. The van der Waals surface area contributed by atoms with Crippen LogP contribution >= 0.6 is 0 Å². The standard InChI is InChI=1S/C13H14N.ClH/c1-12-7-3-4-8-13(12)11-14-9-5-2-6-10-14;/h2-10H,11H2,1H3;1H/q+1;/p-1. The van der Waals surface area contributed by atoms with Gasteiger partial charge in [0.2, 0.25) is 0 Å². The summed E-state index contributed by atoms with van der Waals surface area (Å²) in [7, 11) is 0. The highest BCUT2D eigenvalue weighted by Gasteiger charge is 2.02. The normalized spacial score (nSPS) is 9.40. The van der Waals surface area contributed by atoms with Crippen molar-refractivity contribution in [3.05, 3.63) is 66.0 Å². The maximum absolute atomic E-state index is 2.18. The molecule has 0 spiro atoms. The van der Waals surface area contributed by atoms with Crippen LogP contribution in [0, 0.1) is 6.92 Å². The molecule has 15 heavy (non-hydrogen) atoms. The second-order valence-corrected chi connectivity index (χ2v) is 3.47. The average molecular weight is 220 g/mol. The summed E-state index contributed by atoms with van der Waals surface area (Å²) < 4.78 is 2.18. The van der Waals surface area contributed by atoms with Gasteiger partial charge in [-0.2, -0.15) is 0 Å². The van der Waals surface area contributed by atoms with Crippen molar-refractivity contribution in [3.8, 4) is 0 Å². The molecule has 0 aliphatic carbocycles. The molecule has 78 valence electrons. The summed E-state index contributed by atoms with van der Waals surface area (Å²) in [6.45, 7) is 3.10. The Balaban J connectivity index is 0.00000112. The summed E-state index contributed by atoms with van der Waals surface area (Å²) in [6, 6.07) is 14.6. The molecule has 2 aromatic rings. The molecule has 1 nitrogen and oxygen atoms in total. The van der Waals surface area contributed by atoms with E-state index in [0.29, 0.717) is 0 Å². The Morgan fingerprint density at radius 1 is 0.933 bits per heavy atom. The number of nitrogens with zero attached hydrogens (tertiary/aromatic N) is 1. The number of benzene rings is 1. The molecule has 0 aliphatic rings. The highest BCUT2D eigenvalue weighted by atomic mass is 35.5. The van der Waals surface area contributed by atoms with Crippen LogP contribution in [-0.4, -0.2) is 0 Å². The maximum Gasteiger partial charge on any atom is 0.174 e. The highest BCUT2D eigenvalue weighted by molar-refractivity contribution is 5.24. The molecule has 0 radical (unpaired) electrons. The molecule has 0 saturated heterocycles. The Hall–Kier alpha value is -1.34. The van der Waals surface area contributed by atoms with Crippen molar-refractivity contribution in [1.82, 2.24) is 0 Å². The van der Waals surface area contributed by atoms with E-state index in [-0.39, 0.29) is 12.4 Å². The van der Waals surface area contributed by atoms with Crippen LogP contribution in [0.4, 0.5) is 0 Å². The fourth-order valence-corrected chi connectivity index (χ4v) is 1.52. The first-order valence-electron chi connectivity index (χ1n) is 4.85. The molecule has 0 bridgehead atoms. The summed E-state index contributed by atoms with van der Waals surface area (Å²) in [5.74, 6) is 0. The van der Waals surface area contributed by atoms with E-state index in [0.717, 1.165) is 6.54 Å². The Bertz CT molecular complexity index is 412. The monoisotopic (exact) mass is 219 g/mol. The maximum atomic E-state index is 2.18. The lowest BCUT2D eigenvalue weighted by atomic mass is 10.1. The van der Waals surface area contributed by atoms with Crippen molar-refractivity contribution >= 4 is 0 Å². The predicted octanol–water partition coefficient (Wildman–Crippen LogP) is -0.665. The molecule has 2 rings (SSSR count). The fourth-order valence-electron chi connectivity index (χ4n) is 1.52. The third-order valence-electron chi connectivity index (χ3n) is 2.39. The second kappa shape index (κ2) is 5.52. The van der Waals surface area contributed by atoms with Crippen LogP contribution in [0.15, 0.2) is 54.9 Å². The third kappa shape index (κ3) is 3.07. The van der Waals surface area contributed by atoms with Crippen LogP contribution in [0.1, 0.15) is 11.1 Å². The van der Waals surface area contributed by atoms with Gasteiger partial charge in [0.05, 0.1) is 0 Å². The molecular formula is C13H14ClN. The minimum Gasteiger partial charge on any atom is -1.00 e. The molecule has 2 heteroatoms. The van der Waals surface area contributed by atoms with Crippen molar-refractivity contribution in [1.29, 1.82) is 0 Å². The number of hydrogen-bond acceptors (Lipinski definition) is 0. The summed E-state index contributed by atoms with van der Waals surface area (Å²) >= 11 is 0. The first-order chi connectivity index (χ1) is 6.86. The van der Waals surface area contributed by atoms with Crippen LogP contribution in [0.25, 0.3) is 0 Å². The van der Waals surface area contributed by atoms with Gasteiger partial charge >= 0.3 is 0 Å². The molecule has 0 atom stereocenters. The van der Waals surface area contributed by atoms with E-state index in [1.165, 1.54) is 11.1 Å². The van der Waals surface area contributed by atoms with Gasteiger partial charge in [-0.25, -0.2) is 4.57 Å². The molecule has 0 unspecified atom stereocenters. The summed E-state index contributed by atoms with van der Waals surface area (Å²) in [6.07, 6.45) is 4.18. The summed E-state index contributed by atoms with van der Waals surface area (Å²) in [5.41, 5.74) is 2.73. The van der Waals surface area contributed by atoms with Gasteiger partial charge in [0, 0.05) is 17.7 Å². The van der Waals surface area contributed by atoms with E-state index in [1.54, 1.807) is 0 Å². The van der Waals surface area contributed by atoms with E-state index in [9.17, 15) is 0 Å². The van der Waals surface area contributed by atoms with E-state index in [1.807, 2.05) is 6.07 Å². The zero-order valence-corrected chi connectivity index (χ0v) is 9.48. The van der Waals surface area contributed by atoms with Gasteiger partial charge in [0.25, 0.3) is 0 Å². The van der Waals surface area contributed by atoms with Gasteiger partial charge in [-0.15, -0.1) is 0 Å². The lowest BCUT2D eigenvalue weighted by Gasteiger charge is -2.00. The van der Waals surface area contributed by atoms with Crippen LogP contribution < -0.4 is 17.0 Å². The molecule has 0 saturated carbocycles. The quantitative estimate of drug-likeness (QED) is 0.591. The Morgan fingerprint density at radius 2 is 1.60 bits per heavy atom. The topological polar surface area (TPSA) is 3.88 Å². The van der Waals surface area contributed by atoms with Gasteiger partial charge in [0.15, 0.2) is 18.9 Å². The minimum atomic E-state index is 0. The van der Waals surface area contributed by atoms with Crippen molar-refractivity contribution in [3.63, 3.8) is 0 Å². The van der Waals surface area contributed by atoms with Crippen LogP contribution in [0.2, 0.25) is 0 Å². The van der Waals surface area contributed by atoms with Gasteiger partial charge in [-0.05, 0) is 12.5 Å². The largest absolute Gasteiger partial charge is 1.00 e. The SMILES string of the molecule is Cc1ccccc1C[n+]1ccccc1.[Cl-]. The number of hydrogen-bond donors (Lipinski definition) is 0. The Kier molecular flexibility index (Phi) is 4.32. The molecule has 0 N–H and O–H groups in total. The first kappa shape index (κ1) is 11.7. The second-order valence-electron chi connectivity index (χ2n) is 3.47. The summed E-state index contributed by atoms with van der Waals surface area (Å²) in [5, 5.41) is 0. The molecule has 0 aliphatic heterocycles. The van der Waals surface area contributed by atoms with E-state index in [2.05, 4.69) is 60.3 Å². The number of pyridine rings is 1. The van der Waals surface area contributed by atoms with Crippen molar-refractivity contribution < 1.29 is 17.0 Å². The van der Waals surface area contributed by atoms with Crippen molar-refractivity contribution in [2.45, 2.75) is 13.5 Å². The minimum absolute atomic E-state index is 0. The van der Waals surface area contributed by atoms with E-state index in [4.69, 9.17) is 0 Å². The van der Waals surface area contributed by atoms with Crippen molar-refractivity contribution in [2.24, 2.45) is 0 Å². The van der Waals surface area contributed by atoms with Crippen LogP contribution in [-0.2, 0) is 6.54 Å². The Morgan fingerprint density at radius 3 is 2.27 bits per heavy atom. The number of aromatic nitrogens is 1. The van der Waals surface area contributed by atoms with E-state index >= 15 is 0 Å². The lowest BCUT2D eigenvalue weighted by Crippen LogP contribution is -3.00. The van der Waals surface area contributed by atoms with Gasteiger partial charge in [-0.1, -0.05) is 30.3 Å². The molecule has 0 amide bonds. The first-order valence-corrected chi connectivity index (χ1v) is 4.85. The molecule has 1 aromatic heterocycles. The number of aryl methyl sites for hydroxylation is 1. The fraction of sp³-hybridized carbons (Fsp3) is 0.154. The zero-order chi connectivity index (χ0) is 9.80. The van der Waals surface area contributed by atoms with E-state index < -0.39 is 0 Å².